The van der Waals surface area contributed by atoms with Gasteiger partial charge in [-0.05, 0) is 25.8 Å². The van der Waals surface area contributed by atoms with Crippen molar-refractivity contribution in [2.24, 2.45) is 0 Å². The molecule has 2 rings (SSSR count). The van der Waals surface area contributed by atoms with Crippen molar-refractivity contribution in [1.82, 2.24) is 20.3 Å². The topological polar surface area (TPSA) is 84.9 Å². The molecule has 0 fully saturated rings. The fraction of sp³-hybridized carbons (Fsp3) is 0.538. The van der Waals surface area contributed by atoms with Gasteiger partial charge in [0.25, 0.3) is 5.89 Å². The molecule has 0 radical (unpaired) electrons. The molecule has 0 saturated carbocycles. The lowest BCUT2D eigenvalue weighted by atomic mass is 10.1. The number of rotatable bonds is 5. The molecular weight excluding hydrogens is 244 g/mol. The summed E-state index contributed by atoms with van der Waals surface area (Å²) < 4.78 is 5.23. The Labute approximate surface area is 111 Å². The third kappa shape index (κ3) is 2.96. The van der Waals surface area contributed by atoms with E-state index in [2.05, 4.69) is 20.3 Å². The summed E-state index contributed by atoms with van der Waals surface area (Å²) in [4.78, 5) is 4.25. The van der Waals surface area contributed by atoms with Gasteiger partial charge in [0.05, 0.1) is 17.0 Å². The van der Waals surface area contributed by atoms with Gasteiger partial charge >= 0.3 is 0 Å². The van der Waals surface area contributed by atoms with Crippen LogP contribution in [0.4, 0.5) is 0 Å². The van der Waals surface area contributed by atoms with Crippen LogP contribution in [0, 0.1) is 6.92 Å². The van der Waals surface area contributed by atoms with Gasteiger partial charge in [-0.3, -0.25) is 0 Å². The molecular formula is C13H18N4O2. The first kappa shape index (κ1) is 13.6. The summed E-state index contributed by atoms with van der Waals surface area (Å²) in [6, 6.07) is 1.87. The molecule has 0 aliphatic carbocycles. The van der Waals surface area contributed by atoms with Gasteiger partial charge in [-0.1, -0.05) is 25.4 Å². The Morgan fingerprint density at radius 2 is 2.11 bits per heavy atom. The van der Waals surface area contributed by atoms with Crippen LogP contribution in [0.2, 0.25) is 0 Å². The van der Waals surface area contributed by atoms with E-state index in [0.717, 1.165) is 29.8 Å². The fourth-order valence-corrected chi connectivity index (χ4v) is 1.84. The van der Waals surface area contributed by atoms with E-state index in [-0.39, 0.29) is 0 Å². The molecule has 6 heteroatoms. The molecule has 0 aromatic carbocycles. The Bertz CT molecular complexity index is 553. The highest BCUT2D eigenvalue weighted by Crippen LogP contribution is 2.24. The zero-order chi connectivity index (χ0) is 13.8. The summed E-state index contributed by atoms with van der Waals surface area (Å²) in [5, 5.41) is 21.8. The van der Waals surface area contributed by atoms with E-state index in [4.69, 9.17) is 4.52 Å². The standard InChI is InChI=1S/C13H18N4O2/c1-4-6-11(18)12-14-13(19-17-12)9-7-8(3)15-16-10(9)5-2/h7,11,18H,4-6H2,1-3H3. The molecule has 0 amide bonds. The predicted molar refractivity (Wildman–Crippen MR) is 69.3 cm³/mol. The molecule has 1 unspecified atom stereocenters. The average molecular weight is 262 g/mol. The molecule has 6 nitrogen and oxygen atoms in total. The maximum absolute atomic E-state index is 9.85. The van der Waals surface area contributed by atoms with Crippen LogP contribution in [0.1, 0.15) is 50.0 Å². The minimum Gasteiger partial charge on any atom is -0.385 e. The number of aliphatic hydroxyl groups is 1. The van der Waals surface area contributed by atoms with Gasteiger partial charge < -0.3 is 9.63 Å². The summed E-state index contributed by atoms with van der Waals surface area (Å²) >= 11 is 0. The van der Waals surface area contributed by atoms with Gasteiger partial charge in [0.1, 0.15) is 6.10 Å². The Morgan fingerprint density at radius 3 is 2.79 bits per heavy atom. The number of aromatic nitrogens is 4. The Hall–Kier alpha value is -1.82. The maximum atomic E-state index is 9.85. The molecule has 1 N–H and O–H groups in total. The van der Waals surface area contributed by atoms with Crippen molar-refractivity contribution >= 4 is 0 Å². The first-order valence-corrected chi connectivity index (χ1v) is 6.50. The Balaban J connectivity index is 2.34. The quantitative estimate of drug-likeness (QED) is 0.889. The fourth-order valence-electron chi connectivity index (χ4n) is 1.84. The molecule has 19 heavy (non-hydrogen) atoms. The summed E-state index contributed by atoms with van der Waals surface area (Å²) in [5.41, 5.74) is 2.39. The van der Waals surface area contributed by atoms with E-state index in [0.29, 0.717) is 18.1 Å². The smallest absolute Gasteiger partial charge is 0.260 e. The Kier molecular flexibility index (Phi) is 4.21. The Morgan fingerprint density at radius 1 is 1.32 bits per heavy atom. The van der Waals surface area contributed by atoms with Crippen LogP contribution >= 0.6 is 0 Å². The van der Waals surface area contributed by atoms with Crippen molar-refractivity contribution in [2.45, 2.75) is 46.1 Å². The van der Waals surface area contributed by atoms with E-state index in [9.17, 15) is 5.11 Å². The van der Waals surface area contributed by atoms with Crippen molar-refractivity contribution in [3.63, 3.8) is 0 Å². The highest BCUT2D eigenvalue weighted by Gasteiger charge is 2.18. The van der Waals surface area contributed by atoms with Gasteiger partial charge in [-0.25, -0.2) is 0 Å². The van der Waals surface area contributed by atoms with Crippen LogP contribution in [0.3, 0.4) is 0 Å². The predicted octanol–water partition coefficient (Wildman–Crippen LogP) is 2.23. The second-order valence-corrected chi connectivity index (χ2v) is 4.46. The highest BCUT2D eigenvalue weighted by molar-refractivity contribution is 5.56. The lowest BCUT2D eigenvalue weighted by Gasteiger charge is -2.03. The number of hydrogen-bond acceptors (Lipinski definition) is 6. The van der Waals surface area contributed by atoms with E-state index < -0.39 is 6.10 Å². The lowest BCUT2D eigenvalue weighted by molar-refractivity contribution is 0.153. The van der Waals surface area contributed by atoms with Crippen molar-refractivity contribution in [1.29, 1.82) is 0 Å². The van der Waals surface area contributed by atoms with Crippen LogP contribution in [0.5, 0.6) is 0 Å². The second-order valence-electron chi connectivity index (χ2n) is 4.46. The number of nitrogens with zero attached hydrogens (tertiary/aromatic N) is 4. The van der Waals surface area contributed by atoms with E-state index in [1.54, 1.807) is 0 Å². The average Bonchev–Trinajstić information content (AvgIpc) is 2.88. The summed E-state index contributed by atoms with van der Waals surface area (Å²) in [5.74, 6) is 0.716. The number of aliphatic hydroxyl groups excluding tert-OH is 1. The minimum absolute atomic E-state index is 0.327. The van der Waals surface area contributed by atoms with Crippen LogP contribution in [0.25, 0.3) is 11.5 Å². The van der Waals surface area contributed by atoms with Gasteiger partial charge in [0.2, 0.25) is 5.82 Å². The first-order chi connectivity index (χ1) is 9.15. The molecule has 0 saturated heterocycles. The maximum Gasteiger partial charge on any atom is 0.260 e. The molecule has 2 aromatic heterocycles. The zero-order valence-corrected chi connectivity index (χ0v) is 11.4. The third-order valence-electron chi connectivity index (χ3n) is 2.86. The molecule has 0 bridgehead atoms. The van der Waals surface area contributed by atoms with Crippen LogP contribution in [-0.4, -0.2) is 25.4 Å². The largest absolute Gasteiger partial charge is 0.385 e. The zero-order valence-electron chi connectivity index (χ0n) is 11.4. The van der Waals surface area contributed by atoms with E-state index in [1.807, 2.05) is 26.8 Å². The van der Waals surface area contributed by atoms with Gasteiger partial charge in [-0.2, -0.15) is 15.2 Å². The monoisotopic (exact) mass is 262 g/mol. The van der Waals surface area contributed by atoms with Crippen LogP contribution in [0.15, 0.2) is 10.6 Å². The first-order valence-electron chi connectivity index (χ1n) is 6.50. The molecule has 0 aliphatic rings. The number of hydrogen-bond donors (Lipinski definition) is 1. The summed E-state index contributed by atoms with van der Waals surface area (Å²) in [6.45, 7) is 5.85. The molecule has 2 aromatic rings. The van der Waals surface area contributed by atoms with Gasteiger partial charge in [0, 0.05) is 0 Å². The van der Waals surface area contributed by atoms with Gasteiger partial charge in [0.15, 0.2) is 0 Å². The highest BCUT2D eigenvalue weighted by atomic mass is 16.5. The summed E-state index contributed by atoms with van der Waals surface area (Å²) in [7, 11) is 0. The van der Waals surface area contributed by atoms with Crippen molar-refractivity contribution in [3.05, 3.63) is 23.3 Å². The molecule has 2 heterocycles. The van der Waals surface area contributed by atoms with Crippen molar-refractivity contribution < 1.29 is 9.63 Å². The molecule has 1 atom stereocenters. The molecule has 102 valence electrons. The minimum atomic E-state index is -0.677. The van der Waals surface area contributed by atoms with Gasteiger partial charge in [-0.15, -0.1) is 0 Å². The summed E-state index contributed by atoms with van der Waals surface area (Å²) in [6.07, 6.45) is 1.54. The van der Waals surface area contributed by atoms with E-state index >= 15 is 0 Å². The van der Waals surface area contributed by atoms with Crippen molar-refractivity contribution in [3.8, 4) is 11.5 Å². The molecule has 0 spiro atoms. The van der Waals surface area contributed by atoms with Crippen LogP contribution in [-0.2, 0) is 6.42 Å². The third-order valence-corrected chi connectivity index (χ3v) is 2.86. The van der Waals surface area contributed by atoms with Crippen molar-refractivity contribution in [2.75, 3.05) is 0 Å². The van der Waals surface area contributed by atoms with E-state index in [1.165, 1.54) is 0 Å². The number of aryl methyl sites for hydroxylation is 2. The lowest BCUT2D eigenvalue weighted by Crippen LogP contribution is -2.00. The van der Waals surface area contributed by atoms with Crippen LogP contribution < -0.4 is 0 Å². The normalized spacial score (nSPS) is 12.6. The molecule has 0 aliphatic heterocycles. The second kappa shape index (κ2) is 5.88. The SMILES string of the molecule is CCCC(O)c1noc(-c2cc(C)nnc2CC)n1.